The molecule has 2 heterocycles. The summed E-state index contributed by atoms with van der Waals surface area (Å²) in [7, 11) is 0. The Morgan fingerprint density at radius 3 is 3.00 bits per heavy atom. The molecule has 92 valence electrons. The van der Waals surface area contributed by atoms with Crippen molar-refractivity contribution in [1.82, 2.24) is 4.90 Å². The highest BCUT2D eigenvalue weighted by molar-refractivity contribution is 9.09. The fourth-order valence-corrected chi connectivity index (χ4v) is 3.32. The highest BCUT2D eigenvalue weighted by atomic mass is 79.9. The SMILES string of the molecule is CC1CC(C(=O)N2CCC(CCBr)C2)CO1. The maximum atomic E-state index is 12.2. The number of ether oxygens (including phenoxy) is 1. The molecule has 2 aliphatic rings. The smallest absolute Gasteiger partial charge is 0.228 e. The Balaban J connectivity index is 1.82. The molecule has 2 fully saturated rings. The minimum absolute atomic E-state index is 0.123. The molecule has 3 nitrogen and oxygen atoms in total. The molecule has 2 saturated heterocycles. The lowest BCUT2D eigenvalue weighted by atomic mass is 10.0. The fourth-order valence-electron chi connectivity index (χ4n) is 2.67. The molecular weight excluding hydrogens is 270 g/mol. The minimum Gasteiger partial charge on any atom is -0.378 e. The molecule has 16 heavy (non-hydrogen) atoms. The van der Waals surface area contributed by atoms with Gasteiger partial charge in [-0.15, -0.1) is 0 Å². The van der Waals surface area contributed by atoms with Crippen molar-refractivity contribution < 1.29 is 9.53 Å². The second-order valence-electron chi connectivity index (χ2n) is 4.99. The Morgan fingerprint density at radius 1 is 1.56 bits per heavy atom. The number of likely N-dealkylation sites (tertiary alicyclic amines) is 1. The van der Waals surface area contributed by atoms with Gasteiger partial charge in [0.05, 0.1) is 18.6 Å². The first-order valence-electron chi connectivity index (χ1n) is 6.17. The molecule has 2 rings (SSSR count). The zero-order valence-corrected chi connectivity index (χ0v) is 11.4. The zero-order valence-electron chi connectivity index (χ0n) is 9.82. The number of hydrogen-bond donors (Lipinski definition) is 0. The first-order valence-corrected chi connectivity index (χ1v) is 7.29. The number of carbonyl (C=O) groups excluding carboxylic acids is 1. The van der Waals surface area contributed by atoms with Gasteiger partial charge in [-0.3, -0.25) is 4.79 Å². The van der Waals surface area contributed by atoms with Gasteiger partial charge in [0.1, 0.15) is 0 Å². The summed E-state index contributed by atoms with van der Waals surface area (Å²) >= 11 is 3.47. The first-order chi connectivity index (χ1) is 7.70. The molecule has 2 aliphatic heterocycles. The summed E-state index contributed by atoms with van der Waals surface area (Å²) in [4.78, 5) is 14.2. The Hall–Kier alpha value is -0.0900. The molecule has 3 unspecified atom stereocenters. The van der Waals surface area contributed by atoms with Gasteiger partial charge in [0.25, 0.3) is 0 Å². The van der Waals surface area contributed by atoms with E-state index in [1.807, 2.05) is 11.8 Å². The third-order valence-corrected chi connectivity index (χ3v) is 4.12. The van der Waals surface area contributed by atoms with Crippen molar-refractivity contribution in [3.63, 3.8) is 0 Å². The first kappa shape index (κ1) is 12.4. The number of alkyl halides is 1. The molecule has 0 N–H and O–H groups in total. The Kier molecular flexibility index (Phi) is 4.25. The van der Waals surface area contributed by atoms with Gasteiger partial charge in [0.15, 0.2) is 0 Å². The van der Waals surface area contributed by atoms with Crippen LogP contribution < -0.4 is 0 Å². The van der Waals surface area contributed by atoms with Crippen LogP contribution in [0.3, 0.4) is 0 Å². The van der Waals surface area contributed by atoms with Crippen molar-refractivity contribution in [1.29, 1.82) is 0 Å². The summed E-state index contributed by atoms with van der Waals surface area (Å²) in [6, 6.07) is 0. The average Bonchev–Trinajstić information content (AvgIpc) is 2.87. The molecule has 0 bridgehead atoms. The highest BCUT2D eigenvalue weighted by Crippen LogP contribution is 2.26. The molecule has 0 aromatic carbocycles. The van der Waals surface area contributed by atoms with E-state index in [-0.39, 0.29) is 12.0 Å². The van der Waals surface area contributed by atoms with Gasteiger partial charge in [-0.2, -0.15) is 0 Å². The van der Waals surface area contributed by atoms with E-state index >= 15 is 0 Å². The van der Waals surface area contributed by atoms with Crippen LogP contribution in [0.15, 0.2) is 0 Å². The number of halogens is 1. The molecule has 0 aromatic rings. The van der Waals surface area contributed by atoms with Crippen LogP contribution >= 0.6 is 15.9 Å². The van der Waals surface area contributed by atoms with E-state index in [1.165, 1.54) is 12.8 Å². The highest BCUT2D eigenvalue weighted by Gasteiger charge is 2.34. The van der Waals surface area contributed by atoms with E-state index in [0.29, 0.717) is 18.4 Å². The van der Waals surface area contributed by atoms with Crippen LogP contribution in [-0.2, 0) is 9.53 Å². The normalized spacial score (nSPS) is 34.6. The summed E-state index contributed by atoms with van der Waals surface area (Å²) < 4.78 is 5.47. The predicted octanol–water partition coefficient (Wildman–Crippen LogP) is 2.04. The van der Waals surface area contributed by atoms with Crippen molar-refractivity contribution in [2.45, 2.75) is 32.3 Å². The van der Waals surface area contributed by atoms with E-state index in [0.717, 1.165) is 24.8 Å². The maximum absolute atomic E-state index is 12.2. The number of carbonyl (C=O) groups is 1. The fraction of sp³-hybridized carbons (Fsp3) is 0.917. The second kappa shape index (κ2) is 5.50. The van der Waals surface area contributed by atoms with Gasteiger partial charge in [-0.05, 0) is 32.1 Å². The largest absolute Gasteiger partial charge is 0.378 e. The number of nitrogens with zero attached hydrogens (tertiary/aromatic N) is 1. The van der Waals surface area contributed by atoms with E-state index in [4.69, 9.17) is 4.74 Å². The van der Waals surface area contributed by atoms with Crippen LogP contribution in [0, 0.1) is 11.8 Å². The molecular formula is C12H20BrNO2. The van der Waals surface area contributed by atoms with Crippen LogP contribution in [0.4, 0.5) is 0 Å². The zero-order chi connectivity index (χ0) is 11.5. The molecule has 0 spiro atoms. The molecule has 0 aliphatic carbocycles. The lowest BCUT2D eigenvalue weighted by Gasteiger charge is -2.19. The summed E-state index contributed by atoms with van der Waals surface area (Å²) in [6.45, 7) is 4.57. The van der Waals surface area contributed by atoms with E-state index in [9.17, 15) is 4.79 Å². The van der Waals surface area contributed by atoms with Crippen molar-refractivity contribution in [2.24, 2.45) is 11.8 Å². The van der Waals surface area contributed by atoms with Gasteiger partial charge < -0.3 is 9.64 Å². The number of amides is 1. The van der Waals surface area contributed by atoms with Crippen LogP contribution in [-0.4, -0.2) is 41.9 Å². The molecule has 0 saturated carbocycles. The van der Waals surface area contributed by atoms with E-state index in [2.05, 4.69) is 15.9 Å². The number of rotatable bonds is 3. The van der Waals surface area contributed by atoms with E-state index < -0.39 is 0 Å². The Bertz CT molecular complexity index is 259. The lowest BCUT2D eigenvalue weighted by Crippen LogP contribution is -2.34. The Morgan fingerprint density at radius 2 is 2.38 bits per heavy atom. The average molecular weight is 290 g/mol. The van der Waals surface area contributed by atoms with Gasteiger partial charge in [-0.1, -0.05) is 15.9 Å². The predicted molar refractivity (Wildman–Crippen MR) is 66.6 cm³/mol. The molecule has 4 heteroatoms. The maximum Gasteiger partial charge on any atom is 0.228 e. The monoisotopic (exact) mass is 289 g/mol. The van der Waals surface area contributed by atoms with Crippen molar-refractivity contribution in [3.05, 3.63) is 0 Å². The third kappa shape index (κ3) is 2.77. The number of hydrogen-bond acceptors (Lipinski definition) is 2. The lowest BCUT2D eigenvalue weighted by molar-refractivity contribution is -0.134. The van der Waals surface area contributed by atoms with Gasteiger partial charge in [-0.25, -0.2) is 0 Å². The summed E-state index contributed by atoms with van der Waals surface area (Å²) in [6.07, 6.45) is 3.51. The van der Waals surface area contributed by atoms with Crippen LogP contribution in [0.5, 0.6) is 0 Å². The molecule has 1 amide bonds. The second-order valence-corrected chi connectivity index (χ2v) is 5.79. The molecule has 0 radical (unpaired) electrons. The molecule has 3 atom stereocenters. The quantitative estimate of drug-likeness (QED) is 0.744. The van der Waals surface area contributed by atoms with E-state index in [1.54, 1.807) is 0 Å². The van der Waals surface area contributed by atoms with Crippen LogP contribution in [0.25, 0.3) is 0 Å². The van der Waals surface area contributed by atoms with Gasteiger partial charge in [0, 0.05) is 18.4 Å². The standard InChI is InChI=1S/C12H20BrNO2/c1-9-6-11(8-16-9)12(15)14-5-3-10(7-14)2-4-13/h9-11H,2-8H2,1H3. The van der Waals surface area contributed by atoms with Crippen molar-refractivity contribution in [3.8, 4) is 0 Å². The Labute approximate surface area is 106 Å². The summed E-state index contributed by atoms with van der Waals surface area (Å²) in [5.41, 5.74) is 0. The third-order valence-electron chi connectivity index (χ3n) is 3.66. The van der Waals surface area contributed by atoms with Crippen molar-refractivity contribution >= 4 is 21.8 Å². The summed E-state index contributed by atoms with van der Waals surface area (Å²) in [5.74, 6) is 1.14. The minimum atomic E-state index is 0.123. The molecule has 0 aromatic heterocycles. The summed E-state index contributed by atoms with van der Waals surface area (Å²) in [5, 5.41) is 1.04. The van der Waals surface area contributed by atoms with Crippen LogP contribution in [0.2, 0.25) is 0 Å². The van der Waals surface area contributed by atoms with Crippen molar-refractivity contribution in [2.75, 3.05) is 25.0 Å². The topological polar surface area (TPSA) is 29.5 Å². The van der Waals surface area contributed by atoms with Crippen LogP contribution in [0.1, 0.15) is 26.2 Å². The van der Waals surface area contributed by atoms with Gasteiger partial charge >= 0.3 is 0 Å². The van der Waals surface area contributed by atoms with Gasteiger partial charge in [0.2, 0.25) is 5.91 Å².